The van der Waals surface area contributed by atoms with Gasteiger partial charge in [0.25, 0.3) is 5.91 Å². The highest BCUT2D eigenvalue weighted by atomic mass is 79.9. The minimum absolute atomic E-state index is 0.145. The normalized spacial score (nSPS) is 11.5. The lowest BCUT2D eigenvalue weighted by molar-refractivity contribution is -0.142. The van der Waals surface area contributed by atoms with E-state index in [1.807, 2.05) is 0 Å². The predicted molar refractivity (Wildman–Crippen MR) is 79.0 cm³/mol. The molecule has 1 atom stereocenters. The minimum Gasteiger partial charge on any atom is -0.483 e. The summed E-state index contributed by atoms with van der Waals surface area (Å²) in [5.41, 5.74) is 0. The fourth-order valence-electron chi connectivity index (χ4n) is 1.36. The summed E-state index contributed by atoms with van der Waals surface area (Å²) >= 11 is 9.03. The summed E-state index contributed by atoms with van der Waals surface area (Å²) in [5, 5.41) is 11.8. The highest BCUT2D eigenvalue weighted by Crippen LogP contribution is 2.27. The van der Waals surface area contributed by atoms with Crippen LogP contribution in [-0.4, -0.2) is 29.6 Å². The van der Waals surface area contributed by atoms with Gasteiger partial charge >= 0.3 is 5.97 Å². The summed E-state index contributed by atoms with van der Waals surface area (Å²) in [6, 6.07) is 3.86. The average Bonchev–Trinajstić information content (AvgIpc) is 2.37. The molecule has 1 aromatic rings. The maximum atomic E-state index is 11.6. The monoisotopic (exact) mass is 361 g/mol. The van der Waals surface area contributed by atoms with Crippen LogP contribution in [0.25, 0.3) is 0 Å². The van der Waals surface area contributed by atoms with E-state index in [-0.39, 0.29) is 13.0 Å². The van der Waals surface area contributed by atoms with Crippen molar-refractivity contribution in [1.29, 1.82) is 0 Å². The molecule has 0 heterocycles. The molecule has 7 heteroatoms. The SMILES string of the molecule is C=CCC(NC(=O)COc1ccc(Cl)cc1Br)C(=O)O. The molecule has 0 fully saturated rings. The largest absolute Gasteiger partial charge is 0.483 e. The number of aliphatic carboxylic acids is 1. The Morgan fingerprint density at radius 1 is 1.55 bits per heavy atom. The van der Waals surface area contributed by atoms with E-state index >= 15 is 0 Å². The molecule has 0 aliphatic carbocycles. The Kier molecular flexibility index (Phi) is 6.54. The molecule has 0 aromatic heterocycles. The molecule has 0 saturated heterocycles. The number of hydrogen-bond acceptors (Lipinski definition) is 3. The van der Waals surface area contributed by atoms with Gasteiger partial charge in [-0.05, 0) is 40.5 Å². The molecule has 20 heavy (non-hydrogen) atoms. The molecule has 1 rings (SSSR count). The van der Waals surface area contributed by atoms with Crippen LogP contribution in [0.2, 0.25) is 5.02 Å². The van der Waals surface area contributed by atoms with E-state index in [4.69, 9.17) is 21.4 Å². The number of amides is 1. The van der Waals surface area contributed by atoms with Crippen LogP contribution >= 0.6 is 27.5 Å². The number of rotatable bonds is 7. The molecular weight excluding hydrogens is 350 g/mol. The Labute approximate surface area is 129 Å². The summed E-state index contributed by atoms with van der Waals surface area (Å²) in [7, 11) is 0. The highest BCUT2D eigenvalue weighted by molar-refractivity contribution is 9.10. The van der Waals surface area contributed by atoms with E-state index in [2.05, 4.69) is 27.8 Å². The first kappa shape index (κ1) is 16.5. The van der Waals surface area contributed by atoms with E-state index in [9.17, 15) is 9.59 Å². The first-order valence-electron chi connectivity index (χ1n) is 5.65. The Bertz CT molecular complexity index is 521. The number of benzene rings is 1. The van der Waals surface area contributed by atoms with Crippen molar-refractivity contribution >= 4 is 39.4 Å². The van der Waals surface area contributed by atoms with Crippen molar-refractivity contribution in [1.82, 2.24) is 5.32 Å². The van der Waals surface area contributed by atoms with E-state index in [1.54, 1.807) is 18.2 Å². The Morgan fingerprint density at radius 2 is 2.25 bits per heavy atom. The van der Waals surface area contributed by atoms with Crippen molar-refractivity contribution in [3.05, 3.63) is 40.3 Å². The third kappa shape index (κ3) is 5.22. The van der Waals surface area contributed by atoms with Crippen molar-refractivity contribution in [2.45, 2.75) is 12.5 Å². The minimum atomic E-state index is -1.12. The van der Waals surface area contributed by atoms with E-state index in [0.717, 1.165) is 0 Å². The van der Waals surface area contributed by atoms with Crippen LogP contribution in [0.4, 0.5) is 0 Å². The Hall–Kier alpha value is -1.53. The zero-order valence-electron chi connectivity index (χ0n) is 10.4. The topological polar surface area (TPSA) is 75.6 Å². The van der Waals surface area contributed by atoms with Gasteiger partial charge in [0.2, 0.25) is 0 Å². The lowest BCUT2D eigenvalue weighted by atomic mass is 10.2. The number of nitrogens with one attached hydrogen (secondary N) is 1. The van der Waals surface area contributed by atoms with Gasteiger partial charge < -0.3 is 15.2 Å². The van der Waals surface area contributed by atoms with Crippen LogP contribution in [-0.2, 0) is 9.59 Å². The lowest BCUT2D eigenvalue weighted by Crippen LogP contribution is -2.42. The van der Waals surface area contributed by atoms with Gasteiger partial charge in [-0.3, -0.25) is 4.79 Å². The molecular formula is C13H13BrClNO4. The van der Waals surface area contributed by atoms with Gasteiger partial charge in [-0.1, -0.05) is 17.7 Å². The zero-order valence-corrected chi connectivity index (χ0v) is 12.8. The van der Waals surface area contributed by atoms with E-state index in [0.29, 0.717) is 15.2 Å². The van der Waals surface area contributed by atoms with Crippen molar-refractivity contribution in [3.8, 4) is 5.75 Å². The van der Waals surface area contributed by atoms with Gasteiger partial charge in [0.15, 0.2) is 6.61 Å². The van der Waals surface area contributed by atoms with Gasteiger partial charge in [-0.15, -0.1) is 6.58 Å². The van der Waals surface area contributed by atoms with Crippen LogP contribution in [0.1, 0.15) is 6.42 Å². The van der Waals surface area contributed by atoms with Crippen LogP contribution in [0.5, 0.6) is 5.75 Å². The number of carboxylic acids is 1. The van der Waals surface area contributed by atoms with Gasteiger partial charge in [0, 0.05) is 5.02 Å². The quantitative estimate of drug-likeness (QED) is 0.731. The van der Waals surface area contributed by atoms with Crippen LogP contribution in [0.15, 0.2) is 35.3 Å². The first-order valence-corrected chi connectivity index (χ1v) is 6.82. The molecule has 0 radical (unpaired) electrons. The maximum Gasteiger partial charge on any atom is 0.326 e. The number of ether oxygens (including phenoxy) is 1. The van der Waals surface area contributed by atoms with Crippen molar-refractivity contribution in [3.63, 3.8) is 0 Å². The number of carbonyl (C=O) groups excluding carboxylic acids is 1. The molecule has 1 amide bonds. The number of carbonyl (C=O) groups is 2. The highest BCUT2D eigenvalue weighted by Gasteiger charge is 2.18. The smallest absolute Gasteiger partial charge is 0.326 e. The third-order valence-electron chi connectivity index (χ3n) is 2.29. The standard InChI is InChI=1S/C13H13BrClNO4/c1-2-3-10(13(18)19)16-12(17)7-20-11-5-4-8(15)6-9(11)14/h2,4-6,10H,1,3,7H2,(H,16,17)(H,18,19). The van der Waals surface area contributed by atoms with Gasteiger partial charge in [0.05, 0.1) is 4.47 Å². The van der Waals surface area contributed by atoms with E-state index in [1.165, 1.54) is 6.08 Å². The second-order valence-corrected chi connectivity index (χ2v) is 5.14. The van der Waals surface area contributed by atoms with Gasteiger partial charge in [-0.25, -0.2) is 4.79 Å². The molecule has 1 unspecified atom stereocenters. The molecule has 5 nitrogen and oxygen atoms in total. The van der Waals surface area contributed by atoms with E-state index < -0.39 is 17.9 Å². The number of carboxylic acid groups (broad SMARTS) is 1. The molecule has 108 valence electrons. The molecule has 0 saturated carbocycles. The lowest BCUT2D eigenvalue weighted by Gasteiger charge is -2.13. The van der Waals surface area contributed by atoms with Crippen molar-refractivity contribution in [2.24, 2.45) is 0 Å². The summed E-state index contributed by atoms with van der Waals surface area (Å²) in [6.45, 7) is 3.15. The van der Waals surface area contributed by atoms with Crippen molar-refractivity contribution < 1.29 is 19.4 Å². The van der Waals surface area contributed by atoms with Crippen LogP contribution in [0.3, 0.4) is 0 Å². The Morgan fingerprint density at radius 3 is 2.80 bits per heavy atom. The summed E-state index contributed by atoms with van der Waals surface area (Å²) in [4.78, 5) is 22.5. The molecule has 0 bridgehead atoms. The van der Waals surface area contributed by atoms with Crippen LogP contribution < -0.4 is 10.1 Å². The summed E-state index contributed by atoms with van der Waals surface area (Å²) in [5.74, 6) is -1.20. The van der Waals surface area contributed by atoms with Gasteiger partial charge in [0.1, 0.15) is 11.8 Å². The first-order chi connectivity index (χ1) is 9.43. The fraction of sp³-hybridized carbons (Fsp3) is 0.231. The zero-order chi connectivity index (χ0) is 15.1. The second kappa shape index (κ2) is 7.91. The number of hydrogen-bond donors (Lipinski definition) is 2. The Balaban J connectivity index is 2.54. The third-order valence-corrected chi connectivity index (χ3v) is 3.14. The molecule has 0 spiro atoms. The molecule has 0 aliphatic heterocycles. The summed E-state index contributed by atoms with van der Waals surface area (Å²) < 4.78 is 5.89. The maximum absolute atomic E-state index is 11.6. The van der Waals surface area contributed by atoms with Gasteiger partial charge in [-0.2, -0.15) is 0 Å². The second-order valence-electron chi connectivity index (χ2n) is 3.85. The molecule has 0 aliphatic rings. The number of halogens is 2. The fourth-order valence-corrected chi connectivity index (χ4v) is 2.16. The molecule has 1 aromatic carbocycles. The van der Waals surface area contributed by atoms with Crippen LogP contribution in [0, 0.1) is 0 Å². The average molecular weight is 363 g/mol. The summed E-state index contributed by atoms with van der Waals surface area (Å²) in [6.07, 6.45) is 1.57. The van der Waals surface area contributed by atoms with Crippen molar-refractivity contribution in [2.75, 3.05) is 6.61 Å². The molecule has 2 N–H and O–H groups in total. The predicted octanol–water partition coefficient (Wildman–Crippen LogP) is 2.63.